The average Bonchev–Trinajstić information content (AvgIpc) is 3.32. The number of carbonyl (C=O) groups is 2. The number of aromatic nitrogens is 2. The lowest BCUT2D eigenvalue weighted by Crippen LogP contribution is -2.37. The largest absolute Gasteiger partial charge is 0.490 e. The quantitative estimate of drug-likeness (QED) is 0.813. The van der Waals surface area contributed by atoms with Gasteiger partial charge in [-0.15, -0.1) is 0 Å². The molecule has 0 aromatic carbocycles. The van der Waals surface area contributed by atoms with Gasteiger partial charge < -0.3 is 14.9 Å². The lowest BCUT2D eigenvalue weighted by molar-refractivity contribution is -0.192. The van der Waals surface area contributed by atoms with Gasteiger partial charge >= 0.3 is 12.1 Å². The molecule has 0 radical (unpaired) electrons. The minimum Gasteiger partial charge on any atom is -0.475 e. The zero-order valence-corrected chi connectivity index (χ0v) is 15.6. The molecular formula is C17H17F3N4O3S. The highest BCUT2D eigenvalue weighted by molar-refractivity contribution is 7.08. The van der Waals surface area contributed by atoms with E-state index in [9.17, 15) is 18.0 Å². The first-order valence-corrected chi connectivity index (χ1v) is 9.32. The van der Waals surface area contributed by atoms with E-state index < -0.39 is 12.1 Å². The van der Waals surface area contributed by atoms with Crippen LogP contribution < -0.4 is 9.80 Å². The van der Waals surface area contributed by atoms with Crippen LogP contribution in [0.1, 0.15) is 18.4 Å². The van der Waals surface area contributed by atoms with Crippen molar-refractivity contribution < 1.29 is 27.9 Å². The number of hydrogen-bond donors (Lipinski definition) is 1. The number of anilines is 2. The Balaban J connectivity index is 0.000000279. The minimum atomic E-state index is -5.08. The van der Waals surface area contributed by atoms with E-state index in [1.807, 2.05) is 41.0 Å². The van der Waals surface area contributed by atoms with Crippen molar-refractivity contribution >= 4 is 34.8 Å². The van der Waals surface area contributed by atoms with E-state index in [0.29, 0.717) is 6.42 Å². The molecule has 1 amide bonds. The predicted octanol–water partition coefficient (Wildman–Crippen LogP) is 2.86. The molecule has 0 unspecified atom stereocenters. The third kappa shape index (κ3) is 4.08. The van der Waals surface area contributed by atoms with Gasteiger partial charge in [0.15, 0.2) is 0 Å². The molecule has 2 aliphatic heterocycles. The number of fused-ring (bicyclic) bond motifs is 1. The van der Waals surface area contributed by atoms with Crippen molar-refractivity contribution in [3.63, 3.8) is 0 Å². The molecule has 0 aliphatic carbocycles. The minimum absolute atomic E-state index is 0.195. The summed E-state index contributed by atoms with van der Waals surface area (Å²) in [4.78, 5) is 34.3. The maximum atomic E-state index is 12.4. The summed E-state index contributed by atoms with van der Waals surface area (Å²) in [5.74, 6) is -1.80. The number of carbonyl (C=O) groups excluding carboxylic acids is 1. The van der Waals surface area contributed by atoms with E-state index in [1.165, 1.54) is 0 Å². The van der Waals surface area contributed by atoms with Crippen LogP contribution in [0.25, 0.3) is 0 Å². The number of aliphatic carboxylic acids is 1. The maximum Gasteiger partial charge on any atom is 0.490 e. The van der Waals surface area contributed by atoms with Crippen LogP contribution in [0.2, 0.25) is 0 Å². The van der Waals surface area contributed by atoms with Gasteiger partial charge in [-0.2, -0.15) is 24.5 Å². The molecule has 28 heavy (non-hydrogen) atoms. The van der Waals surface area contributed by atoms with Gasteiger partial charge in [0.05, 0.1) is 17.8 Å². The van der Waals surface area contributed by atoms with Crippen LogP contribution in [-0.2, 0) is 9.59 Å². The second-order valence-electron chi connectivity index (χ2n) is 6.43. The molecule has 2 aromatic rings. The first-order chi connectivity index (χ1) is 13.2. The summed E-state index contributed by atoms with van der Waals surface area (Å²) in [6.07, 6.45) is 0.118. The second-order valence-corrected chi connectivity index (χ2v) is 7.21. The summed E-state index contributed by atoms with van der Waals surface area (Å²) < 4.78 is 31.7. The number of thiophene rings is 1. The highest BCUT2D eigenvalue weighted by Crippen LogP contribution is 2.37. The van der Waals surface area contributed by atoms with Gasteiger partial charge in [-0.3, -0.25) is 4.79 Å². The van der Waals surface area contributed by atoms with Crippen LogP contribution in [0.15, 0.2) is 29.2 Å². The van der Waals surface area contributed by atoms with E-state index in [1.54, 1.807) is 11.3 Å². The third-order valence-electron chi connectivity index (χ3n) is 4.55. The zero-order chi connectivity index (χ0) is 20.5. The molecule has 2 fully saturated rings. The van der Waals surface area contributed by atoms with Crippen molar-refractivity contribution in [1.29, 1.82) is 0 Å². The fraction of sp³-hybridized carbons (Fsp3) is 0.412. The summed E-state index contributed by atoms with van der Waals surface area (Å²) in [7, 11) is 0. The maximum absolute atomic E-state index is 12.4. The monoisotopic (exact) mass is 414 g/mol. The van der Waals surface area contributed by atoms with Crippen LogP contribution in [0.4, 0.5) is 24.8 Å². The van der Waals surface area contributed by atoms with Crippen LogP contribution in [0, 0.1) is 6.92 Å². The number of carboxylic acids is 1. The van der Waals surface area contributed by atoms with Crippen molar-refractivity contribution in [2.75, 3.05) is 16.3 Å². The van der Waals surface area contributed by atoms with Crippen molar-refractivity contribution in [3.8, 4) is 0 Å². The summed E-state index contributed by atoms with van der Waals surface area (Å²) in [6, 6.07) is 2.47. The highest BCUT2D eigenvalue weighted by atomic mass is 32.1. The molecule has 4 heterocycles. The van der Waals surface area contributed by atoms with Crippen molar-refractivity contribution in [3.05, 3.63) is 34.8 Å². The van der Waals surface area contributed by atoms with Gasteiger partial charge in [0, 0.05) is 30.7 Å². The SMILES string of the molecule is Cc1cnc(N2CC[C@H]3[C@H]2CC(=O)N3c2ccsc2)nc1.O=C(O)C(F)(F)F. The van der Waals surface area contributed by atoms with Gasteiger partial charge in [0.2, 0.25) is 11.9 Å². The Hall–Kier alpha value is -2.69. The Bertz CT molecular complexity index is 842. The van der Waals surface area contributed by atoms with Crippen LogP contribution >= 0.6 is 11.3 Å². The number of rotatable bonds is 2. The molecule has 0 bridgehead atoms. The van der Waals surface area contributed by atoms with E-state index in [-0.39, 0.29) is 18.0 Å². The Morgan fingerprint density at radius 1 is 1.29 bits per heavy atom. The van der Waals surface area contributed by atoms with E-state index in [2.05, 4.69) is 14.9 Å². The smallest absolute Gasteiger partial charge is 0.475 e. The Morgan fingerprint density at radius 2 is 1.93 bits per heavy atom. The van der Waals surface area contributed by atoms with Gasteiger partial charge in [-0.05, 0) is 30.4 Å². The van der Waals surface area contributed by atoms with Gasteiger partial charge in [-0.1, -0.05) is 0 Å². The molecule has 2 aromatic heterocycles. The summed E-state index contributed by atoms with van der Waals surface area (Å²) in [5, 5.41) is 11.2. The molecule has 7 nitrogen and oxygen atoms in total. The normalized spacial score (nSPS) is 21.4. The molecule has 2 atom stereocenters. The number of aryl methyl sites for hydroxylation is 1. The second kappa shape index (κ2) is 7.74. The summed E-state index contributed by atoms with van der Waals surface area (Å²) >= 11 is 1.63. The molecular weight excluding hydrogens is 397 g/mol. The Kier molecular flexibility index (Phi) is 5.54. The number of halogens is 3. The zero-order valence-electron chi connectivity index (χ0n) is 14.8. The highest BCUT2D eigenvalue weighted by Gasteiger charge is 2.48. The average molecular weight is 414 g/mol. The first-order valence-electron chi connectivity index (χ1n) is 8.38. The lowest BCUT2D eigenvalue weighted by atomic mass is 10.1. The predicted molar refractivity (Wildman–Crippen MR) is 96.4 cm³/mol. The van der Waals surface area contributed by atoms with Crippen molar-refractivity contribution in [1.82, 2.24) is 9.97 Å². The molecule has 4 rings (SSSR count). The van der Waals surface area contributed by atoms with E-state index in [0.717, 1.165) is 30.2 Å². The fourth-order valence-electron chi connectivity index (χ4n) is 3.36. The fourth-order valence-corrected chi connectivity index (χ4v) is 3.99. The summed E-state index contributed by atoms with van der Waals surface area (Å²) in [5.41, 5.74) is 2.08. The Labute approximate surface area is 162 Å². The third-order valence-corrected chi connectivity index (χ3v) is 5.22. The number of carboxylic acid groups (broad SMARTS) is 1. The molecule has 2 aliphatic rings. The number of hydrogen-bond acceptors (Lipinski definition) is 6. The lowest BCUT2D eigenvalue weighted by Gasteiger charge is -2.24. The van der Waals surface area contributed by atoms with Crippen molar-refractivity contribution in [2.24, 2.45) is 0 Å². The van der Waals surface area contributed by atoms with Crippen LogP contribution in [0.3, 0.4) is 0 Å². The van der Waals surface area contributed by atoms with Gasteiger partial charge in [0.1, 0.15) is 0 Å². The first kappa shape index (κ1) is 20.1. The number of amides is 1. The molecule has 150 valence electrons. The standard InChI is InChI=1S/C15H16N4OS.C2HF3O2/c1-10-7-16-15(17-8-10)18-4-2-12-13(18)6-14(20)19(12)11-3-5-21-9-11;3-2(4,5)1(6)7/h3,5,7-9,12-13H,2,4,6H2,1H3;(H,6,7)/t12-,13+;/m0./s1. The van der Waals surface area contributed by atoms with Crippen LogP contribution in [0.5, 0.6) is 0 Å². The molecule has 0 spiro atoms. The van der Waals surface area contributed by atoms with Crippen LogP contribution in [-0.4, -0.2) is 51.8 Å². The summed E-state index contributed by atoms with van der Waals surface area (Å²) in [6.45, 7) is 2.89. The van der Waals surface area contributed by atoms with E-state index >= 15 is 0 Å². The van der Waals surface area contributed by atoms with Crippen molar-refractivity contribution in [2.45, 2.75) is 38.0 Å². The van der Waals surface area contributed by atoms with E-state index in [4.69, 9.17) is 9.90 Å². The molecule has 1 N–H and O–H groups in total. The number of nitrogens with zero attached hydrogens (tertiary/aromatic N) is 4. The molecule has 0 saturated carbocycles. The topological polar surface area (TPSA) is 86.6 Å². The van der Waals surface area contributed by atoms with Gasteiger partial charge in [-0.25, -0.2) is 14.8 Å². The number of alkyl halides is 3. The Morgan fingerprint density at radius 3 is 2.46 bits per heavy atom. The molecule has 11 heteroatoms. The molecule has 2 saturated heterocycles. The van der Waals surface area contributed by atoms with Gasteiger partial charge in [0.25, 0.3) is 0 Å².